The van der Waals surface area contributed by atoms with E-state index in [1.165, 1.54) is 39.5 Å². The number of nitrogens with one attached hydrogen (secondary N) is 2. The Kier molecular flexibility index (Phi) is 10.8. The summed E-state index contributed by atoms with van der Waals surface area (Å²) in [5.41, 5.74) is 2.28. The second kappa shape index (κ2) is 14.9. The Morgan fingerprint density at radius 1 is 0.750 bits per heavy atom. The van der Waals surface area contributed by atoms with Crippen molar-refractivity contribution in [2.24, 2.45) is 0 Å². The standard InChI is InChI=1S/C34H28Cl2N2O6/c1-42-30-17-21(18-31(43-2)32(30)44-3)9-16-29(39)22-11-14-26(15-12-22)37-34(41)28(19-24-10-13-25(35)20-27(24)36)38-33(40)23-7-5-4-6-8-23/h4-20H,1-3H3,(H,37,41)(H,38,40)/b16-9+,28-19-. The van der Waals surface area contributed by atoms with E-state index in [4.69, 9.17) is 37.4 Å². The van der Waals surface area contributed by atoms with Crippen LogP contribution in [0.5, 0.6) is 17.2 Å². The number of hydrogen-bond donors (Lipinski definition) is 2. The van der Waals surface area contributed by atoms with Crippen LogP contribution in [0.3, 0.4) is 0 Å². The lowest BCUT2D eigenvalue weighted by Crippen LogP contribution is -2.30. The summed E-state index contributed by atoms with van der Waals surface area (Å²) in [6.07, 6.45) is 4.52. The highest BCUT2D eigenvalue weighted by molar-refractivity contribution is 6.35. The smallest absolute Gasteiger partial charge is 0.272 e. The van der Waals surface area contributed by atoms with Crippen LogP contribution < -0.4 is 24.8 Å². The van der Waals surface area contributed by atoms with Gasteiger partial charge in [-0.05, 0) is 83.9 Å². The summed E-state index contributed by atoms with van der Waals surface area (Å²) in [5, 5.41) is 6.14. The molecular weight excluding hydrogens is 603 g/mol. The van der Waals surface area contributed by atoms with E-state index in [-0.39, 0.29) is 11.5 Å². The number of ether oxygens (including phenoxy) is 3. The van der Waals surface area contributed by atoms with Crippen molar-refractivity contribution in [3.8, 4) is 17.2 Å². The van der Waals surface area contributed by atoms with Crippen molar-refractivity contribution in [3.05, 3.63) is 129 Å². The SMILES string of the molecule is COc1cc(/C=C/C(=O)c2ccc(NC(=O)/C(=C/c3ccc(Cl)cc3Cl)NC(=O)c3ccccc3)cc2)cc(OC)c1OC. The number of amides is 2. The highest BCUT2D eigenvalue weighted by atomic mass is 35.5. The van der Waals surface area contributed by atoms with Crippen LogP contribution in [-0.2, 0) is 4.79 Å². The van der Waals surface area contributed by atoms with Crippen molar-refractivity contribution < 1.29 is 28.6 Å². The summed E-state index contributed by atoms with van der Waals surface area (Å²) >= 11 is 12.3. The van der Waals surface area contributed by atoms with Gasteiger partial charge in [0.25, 0.3) is 11.8 Å². The van der Waals surface area contributed by atoms with Gasteiger partial charge in [0, 0.05) is 26.9 Å². The molecule has 8 nitrogen and oxygen atoms in total. The molecule has 0 aliphatic rings. The molecule has 4 aromatic rings. The number of rotatable bonds is 11. The number of carbonyl (C=O) groups is 3. The van der Waals surface area contributed by atoms with Crippen LogP contribution in [0.1, 0.15) is 31.8 Å². The highest BCUT2D eigenvalue weighted by Gasteiger charge is 2.17. The Bertz CT molecular complexity index is 1710. The summed E-state index contributed by atoms with van der Waals surface area (Å²) in [6.45, 7) is 0. The first kappa shape index (κ1) is 31.9. The molecule has 0 aliphatic carbocycles. The van der Waals surface area contributed by atoms with Gasteiger partial charge in [0.05, 0.1) is 21.3 Å². The Morgan fingerprint density at radius 2 is 1.41 bits per heavy atom. The number of allylic oxidation sites excluding steroid dienone is 1. The summed E-state index contributed by atoms with van der Waals surface area (Å²) in [5.74, 6) is 0.0461. The minimum absolute atomic E-state index is 0.0449. The van der Waals surface area contributed by atoms with Crippen LogP contribution in [0.4, 0.5) is 5.69 Å². The third-order valence-corrected chi connectivity index (χ3v) is 6.90. The molecule has 44 heavy (non-hydrogen) atoms. The van der Waals surface area contributed by atoms with Gasteiger partial charge in [0.2, 0.25) is 5.75 Å². The zero-order valence-corrected chi connectivity index (χ0v) is 25.5. The summed E-state index contributed by atoms with van der Waals surface area (Å²) in [7, 11) is 4.54. The van der Waals surface area contributed by atoms with Crippen LogP contribution in [0.25, 0.3) is 12.2 Å². The fourth-order valence-corrected chi connectivity index (χ4v) is 4.56. The van der Waals surface area contributed by atoms with E-state index in [9.17, 15) is 14.4 Å². The van der Waals surface area contributed by atoms with Crippen molar-refractivity contribution in [3.63, 3.8) is 0 Å². The minimum Gasteiger partial charge on any atom is -0.493 e. The molecule has 2 amide bonds. The average Bonchev–Trinajstić information content (AvgIpc) is 3.04. The van der Waals surface area contributed by atoms with Gasteiger partial charge in [-0.1, -0.05) is 53.5 Å². The van der Waals surface area contributed by atoms with E-state index in [1.807, 2.05) is 0 Å². The highest BCUT2D eigenvalue weighted by Crippen LogP contribution is 2.38. The van der Waals surface area contributed by atoms with Gasteiger partial charge in [-0.2, -0.15) is 0 Å². The number of benzene rings is 4. The molecule has 0 aromatic heterocycles. The van der Waals surface area contributed by atoms with Gasteiger partial charge in [-0.3, -0.25) is 14.4 Å². The predicted octanol–water partition coefficient (Wildman–Crippen LogP) is 7.32. The fraction of sp³-hybridized carbons (Fsp3) is 0.0882. The van der Waals surface area contributed by atoms with Crippen LogP contribution in [-0.4, -0.2) is 38.9 Å². The van der Waals surface area contributed by atoms with Crippen LogP contribution in [0.15, 0.2) is 96.7 Å². The largest absolute Gasteiger partial charge is 0.493 e. The average molecular weight is 632 g/mol. The quantitative estimate of drug-likeness (QED) is 0.133. The second-order valence-electron chi connectivity index (χ2n) is 9.23. The lowest BCUT2D eigenvalue weighted by Gasteiger charge is -2.13. The van der Waals surface area contributed by atoms with E-state index >= 15 is 0 Å². The zero-order chi connectivity index (χ0) is 31.6. The maximum Gasteiger partial charge on any atom is 0.272 e. The molecule has 0 radical (unpaired) electrons. The molecule has 0 atom stereocenters. The lowest BCUT2D eigenvalue weighted by atomic mass is 10.1. The van der Waals surface area contributed by atoms with Crippen LogP contribution in [0, 0.1) is 0 Å². The van der Waals surface area contributed by atoms with Crippen molar-refractivity contribution in [1.82, 2.24) is 5.32 Å². The molecule has 0 unspecified atom stereocenters. The molecule has 0 saturated heterocycles. The molecule has 10 heteroatoms. The number of ketones is 1. The van der Waals surface area contributed by atoms with Gasteiger partial charge in [-0.25, -0.2) is 0 Å². The Labute approximate surface area is 264 Å². The van der Waals surface area contributed by atoms with Crippen molar-refractivity contribution in [2.45, 2.75) is 0 Å². The molecule has 0 spiro atoms. The van der Waals surface area contributed by atoms with Crippen molar-refractivity contribution in [2.75, 3.05) is 26.6 Å². The van der Waals surface area contributed by atoms with E-state index in [2.05, 4.69) is 10.6 Å². The Balaban J connectivity index is 1.51. The fourth-order valence-electron chi connectivity index (χ4n) is 4.10. The van der Waals surface area contributed by atoms with E-state index in [0.29, 0.717) is 55.2 Å². The summed E-state index contributed by atoms with van der Waals surface area (Å²) < 4.78 is 16.1. The van der Waals surface area contributed by atoms with Crippen molar-refractivity contribution >= 4 is 58.6 Å². The van der Waals surface area contributed by atoms with E-state index in [0.717, 1.165) is 0 Å². The molecule has 0 bridgehead atoms. The molecule has 0 aliphatic heterocycles. The van der Waals surface area contributed by atoms with E-state index < -0.39 is 11.8 Å². The first-order valence-corrected chi connectivity index (χ1v) is 13.9. The third-order valence-electron chi connectivity index (χ3n) is 6.33. The molecule has 2 N–H and O–H groups in total. The van der Waals surface area contributed by atoms with E-state index in [1.54, 1.807) is 84.9 Å². The van der Waals surface area contributed by atoms with Gasteiger partial charge >= 0.3 is 0 Å². The summed E-state index contributed by atoms with van der Waals surface area (Å²) in [4.78, 5) is 39.1. The molecule has 4 rings (SSSR count). The van der Waals surface area contributed by atoms with Crippen molar-refractivity contribution in [1.29, 1.82) is 0 Å². The number of hydrogen-bond acceptors (Lipinski definition) is 6. The van der Waals surface area contributed by atoms with Crippen LogP contribution >= 0.6 is 23.2 Å². The van der Waals surface area contributed by atoms with Gasteiger partial charge in [0.15, 0.2) is 17.3 Å². The van der Waals surface area contributed by atoms with Gasteiger partial charge in [-0.15, -0.1) is 0 Å². The number of methoxy groups -OCH3 is 3. The van der Waals surface area contributed by atoms with Gasteiger partial charge < -0.3 is 24.8 Å². The summed E-state index contributed by atoms with van der Waals surface area (Å²) in [6, 6.07) is 23.1. The Morgan fingerprint density at radius 3 is 2.00 bits per heavy atom. The monoisotopic (exact) mass is 630 g/mol. The number of halogens is 2. The van der Waals surface area contributed by atoms with Gasteiger partial charge in [0.1, 0.15) is 5.70 Å². The maximum absolute atomic E-state index is 13.3. The molecule has 0 saturated carbocycles. The maximum atomic E-state index is 13.3. The normalized spacial score (nSPS) is 11.2. The predicted molar refractivity (Wildman–Crippen MR) is 173 cm³/mol. The topological polar surface area (TPSA) is 103 Å². The molecule has 0 fully saturated rings. The number of anilines is 1. The third kappa shape index (κ3) is 8.06. The first-order valence-electron chi connectivity index (χ1n) is 13.2. The second-order valence-corrected chi connectivity index (χ2v) is 10.1. The Hall–Kier alpha value is -5.05. The zero-order valence-electron chi connectivity index (χ0n) is 24.0. The minimum atomic E-state index is -0.596. The van der Waals surface area contributed by atoms with Crippen LogP contribution in [0.2, 0.25) is 10.0 Å². The molecule has 224 valence electrons. The molecular formula is C34H28Cl2N2O6. The molecule has 4 aromatic carbocycles. The first-order chi connectivity index (χ1) is 21.2. The number of carbonyl (C=O) groups excluding carboxylic acids is 3. The lowest BCUT2D eigenvalue weighted by molar-refractivity contribution is -0.113. The molecule has 0 heterocycles.